The lowest BCUT2D eigenvalue weighted by Crippen LogP contribution is -2.41. The molecule has 1 aromatic carbocycles. The van der Waals surface area contributed by atoms with E-state index in [9.17, 15) is 9.59 Å². The number of hydrogen-bond acceptors (Lipinski definition) is 6. The van der Waals surface area contributed by atoms with Gasteiger partial charge in [0.05, 0.1) is 11.4 Å². The van der Waals surface area contributed by atoms with Crippen molar-refractivity contribution in [1.29, 1.82) is 0 Å². The molecule has 7 nitrogen and oxygen atoms in total. The maximum atomic E-state index is 13.2. The molecule has 0 fully saturated rings. The van der Waals surface area contributed by atoms with E-state index in [0.29, 0.717) is 40.4 Å². The minimum atomic E-state index is -0.393. The molecule has 0 saturated heterocycles. The summed E-state index contributed by atoms with van der Waals surface area (Å²) in [5.74, 6) is 1.40. The molecule has 156 valence electrons. The zero-order valence-electron chi connectivity index (χ0n) is 17.2. The Morgan fingerprint density at radius 3 is 2.74 bits per heavy atom. The minimum Gasteiger partial charge on any atom is -0.271 e. The molecule has 0 saturated carbocycles. The number of carbonyl (C=O) groups excluding carboxylic acids is 1. The van der Waals surface area contributed by atoms with Crippen LogP contribution < -0.4 is 5.56 Å². The van der Waals surface area contributed by atoms with Crippen LogP contribution in [0.4, 0.5) is 5.69 Å². The van der Waals surface area contributed by atoms with Gasteiger partial charge in [0, 0.05) is 23.6 Å². The number of para-hydroxylation sites is 1. The van der Waals surface area contributed by atoms with Gasteiger partial charge in [-0.1, -0.05) is 43.8 Å². The molecule has 8 heteroatoms. The Bertz CT molecular complexity index is 1310. The molecule has 0 aliphatic carbocycles. The fourth-order valence-corrected chi connectivity index (χ4v) is 4.71. The molecular weight excluding hydrogens is 410 g/mol. The van der Waals surface area contributed by atoms with Crippen molar-refractivity contribution in [3.63, 3.8) is 0 Å². The highest BCUT2D eigenvalue weighted by Crippen LogP contribution is 2.35. The number of carbonyl (C=O) groups is 1. The molecule has 0 spiro atoms. The van der Waals surface area contributed by atoms with Gasteiger partial charge in [-0.3, -0.25) is 19.0 Å². The molecule has 0 bridgehead atoms. The van der Waals surface area contributed by atoms with Gasteiger partial charge in [0.15, 0.2) is 5.17 Å². The number of hydrogen-bond donors (Lipinski definition) is 0. The number of pyridine rings is 1. The van der Waals surface area contributed by atoms with Crippen molar-refractivity contribution >= 4 is 40.0 Å². The Balaban J connectivity index is 1.48. The molecule has 0 radical (unpaired) electrons. The second-order valence-corrected chi connectivity index (χ2v) is 8.93. The molecule has 2 aromatic heterocycles. The molecule has 2 aliphatic heterocycles. The lowest BCUT2D eigenvalue weighted by Gasteiger charge is -2.25. The SMILES string of the molecule is CC(C)C[C@H]1N=C2c3ccccc3N=C(SCc3cc(=O)n4ccccc4n3)N2C1=O. The standard InChI is InChI=1S/C23H21N5O2S/c1-14(2)11-18-22(30)28-21(25-18)16-7-3-4-8-17(16)26-23(28)31-13-15-12-20(29)27-10-6-5-9-19(27)24-15/h3-10,12,14,18H,11,13H2,1-2H3/t18-/m1/s1. The van der Waals surface area contributed by atoms with Crippen molar-refractivity contribution in [2.24, 2.45) is 15.9 Å². The van der Waals surface area contributed by atoms with E-state index in [4.69, 9.17) is 9.98 Å². The van der Waals surface area contributed by atoms with Crippen molar-refractivity contribution in [3.8, 4) is 0 Å². The first kappa shape index (κ1) is 19.7. The first-order valence-electron chi connectivity index (χ1n) is 10.2. The number of benzene rings is 1. The molecule has 2 aliphatic rings. The Morgan fingerprint density at radius 1 is 1.10 bits per heavy atom. The van der Waals surface area contributed by atoms with Crippen LogP contribution in [0.1, 0.15) is 31.5 Å². The second kappa shape index (κ2) is 7.77. The number of amidine groups is 2. The van der Waals surface area contributed by atoms with Gasteiger partial charge in [0.25, 0.3) is 11.5 Å². The number of nitrogens with zero attached hydrogens (tertiary/aromatic N) is 5. The van der Waals surface area contributed by atoms with Gasteiger partial charge in [-0.2, -0.15) is 0 Å². The van der Waals surface area contributed by atoms with Gasteiger partial charge in [-0.15, -0.1) is 0 Å². The van der Waals surface area contributed by atoms with E-state index in [1.807, 2.05) is 30.3 Å². The molecule has 1 amide bonds. The third kappa shape index (κ3) is 3.57. The van der Waals surface area contributed by atoms with Crippen molar-refractivity contribution < 1.29 is 4.79 Å². The predicted molar refractivity (Wildman–Crippen MR) is 123 cm³/mol. The quantitative estimate of drug-likeness (QED) is 0.632. The lowest BCUT2D eigenvalue weighted by molar-refractivity contribution is -0.124. The molecule has 0 N–H and O–H groups in total. The summed E-state index contributed by atoms with van der Waals surface area (Å²) in [4.78, 5) is 41.3. The highest BCUT2D eigenvalue weighted by atomic mass is 32.2. The third-order valence-electron chi connectivity index (χ3n) is 5.22. The smallest absolute Gasteiger partial charge is 0.259 e. The van der Waals surface area contributed by atoms with Crippen LogP contribution in [0.3, 0.4) is 0 Å². The number of aliphatic imine (C=N–C) groups is 2. The number of rotatable bonds is 4. The average molecular weight is 432 g/mol. The van der Waals surface area contributed by atoms with Crippen LogP contribution in [0, 0.1) is 5.92 Å². The lowest BCUT2D eigenvalue weighted by atomic mass is 10.0. The van der Waals surface area contributed by atoms with Crippen molar-refractivity contribution in [3.05, 3.63) is 76.3 Å². The van der Waals surface area contributed by atoms with E-state index in [1.165, 1.54) is 22.2 Å². The largest absolute Gasteiger partial charge is 0.271 e. The van der Waals surface area contributed by atoms with E-state index >= 15 is 0 Å². The summed E-state index contributed by atoms with van der Waals surface area (Å²) in [7, 11) is 0. The van der Waals surface area contributed by atoms with E-state index in [0.717, 1.165) is 11.3 Å². The molecule has 31 heavy (non-hydrogen) atoms. The number of thioether (sulfide) groups is 1. The molecule has 4 heterocycles. The number of aromatic nitrogens is 2. The highest BCUT2D eigenvalue weighted by molar-refractivity contribution is 8.13. The van der Waals surface area contributed by atoms with Gasteiger partial charge < -0.3 is 0 Å². The van der Waals surface area contributed by atoms with Crippen molar-refractivity contribution in [2.45, 2.75) is 32.1 Å². The second-order valence-electron chi connectivity index (χ2n) is 7.99. The van der Waals surface area contributed by atoms with Crippen LogP contribution >= 0.6 is 11.8 Å². The van der Waals surface area contributed by atoms with Gasteiger partial charge >= 0.3 is 0 Å². The summed E-state index contributed by atoms with van der Waals surface area (Å²) < 4.78 is 1.51. The topological polar surface area (TPSA) is 79.4 Å². The van der Waals surface area contributed by atoms with Crippen LogP contribution in [0.25, 0.3) is 5.65 Å². The predicted octanol–water partition coefficient (Wildman–Crippen LogP) is 3.63. The average Bonchev–Trinajstić information content (AvgIpc) is 3.08. The molecule has 1 atom stereocenters. The monoisotopic (exact) mass is 431 g/mol. The number of fused-ring (bicyclic) bond motifs is 4. The molecular formula is C23H21N5O2S. The van der Waals surface area contributed by atoms with Gasteiger partial charge in [-0.25, -0.2) is 14.9 Å². The first-order chi connectivity index (χ1) is 15.0. The van der Waals surface area contributed by atoms with Crippen LogP contribution in [0.15, 0.2) is 69.5 Å². The molecule has 0 unspecified atom stereocenters. The number of amides is 1. The zero-order valence-corrected chi connectivity index (χ0v) is 18.0. The van der Waals surface area contributed by atoms with Crippen LogP contribution in [0.2, 0.25) is 0 Å². The van der Waals surface area contributed by atoms with E-state index < -0.39 is 6.04 Å². The van der Waals surface area contributed by atoms with Gasteiger partial charge in [0.2, 0.25) is 0 Å². The Labute approximate surface area is 183 Å². The van der Waals surface area contributed by atoms with Crippen LogP contribution in [-0.4, -0.2) is 37.2 Å². The normalized spacial score (nSPS) is 17.6. The van der Waals surface area contributed by atoms with Crippen LogP contribution in [0.5, 0.6) is 0 Å². The maximum absolute atomic E-state index is 13.2. The summed E-state index contributed by atoms with van der Waals surface area (Å²) in [5.41, 5.74) is 2.77. The maximum Gasteiger partial charge on any atom is 0.259 e. The Kier molecular flexibility index (Phi) is 4.94. The Hall–Kier alpha value is -3.26. The summed E-state index contributed by atoms with van der Waals surface area (Å²) in [5, 5.41) is 0.573. The molecule has 3 aromatic rings. The Morgan fingerprint density at radius 2 is 1.90 bits per heavy atom. The summed E-state index contributed by atoms with van der Waals surface area (Å²) in [6.07, 6.45) is 2.40. The van der Waals surface area contributed by atoms with Gasteiger partial charge in [0.1, 0.15) is 17.5 Å². The van der Waals surface area contributed by atoms with Crippen molar-refractivity contribution in [1.82, 2.24) is 14.3 Å². The first-order valence-corrected chi connectivity index (χ1v) is 11.2. The van der Waals surface area contributed by atoms with E-state index in [2.05, 4.69) is 18.8 Å². The highest BCUT2D eigenvalue weighted by Gasteiger charge is 2.41. The van der Waals surface area contributed by atoms with E-state index in [1.54, 1.807) is 23.2 Å². The third-order valence-corrected chi connectivity index (χ3v) is 6.19. The minimum absolute atomic E-state index is 0.0454. The summed E-state index contributed by atoms with van der Waals surface area (Å²) in [6.45, 7) is 4.18. The summed E-state index contributed by atoms with van der Waals surface area (Å²) >= 11 is 1.40. The van der Waals surface area contributed by atoms with Crippen molar-refractivity contribution in [2.75, 3.05) is 0 Å². The fraction of sp³-hybridized carbons (Fsp3) is 0.261. The summed E-state index contributed by atoms with van der Waals surface area (Å²) in [6, 6.07) is 14.3. The molecule has 5 rings (SSSR count). The van der Waals surface area contributed by atoms with Gasteiger partial charge in [-0.05, 0) is 36.6 Å². The van der Waals surface area contributed by atoms with E-state index in [-0.39, 0.29) is 11.5 Å². The fourth-order valence-electron chi connectivity index (χ4n) is 3.81. The zero-order chi connectivity index (χ0) is 21.5. The van der Waals surface area contributed by atoms with Crippen LogP contribution in [-0.2, 0) is 10.5 Å².